The Morgan fingerprint density at radius 2 is 1.77 bits per heavy atom. The maximum Gasteiger partial charge on any atom is 0.300 e. The average Bonchev–Trinajstić information content (AvgIpc) is 3.14. The van der Waals surface area contributed by atoms with Gasteiger partial charge < -0.3 is 19.7 Å². The lowest BCUT2D eigenvalue weighted by Crippen LogP contribution is -2.29. The van der Waals surface area contributed by atoms with Crippen molar-refractivity contribution in [3.05, 3.63) is 88.5 Å². The number of methoxy groups -OCH3 is 1. The first-order valence-electron chi connectivity index (χ1n) is 11.0. The van der Waals surface area contributed by atoms with E-state index in [1.807, 2.05) is 6.92 Å². The number of ether oxygens (including phenoxy) is 2. The van der Waals surface area contributed by atoms with Gasteiger partial charge in [-0.2, -0.15) is 0 Å². The number of anilines is 1. The van der Waals surface area contributed by atoms with Crippen molar-refractivity contribution in [3.63, 3.8) is 0 Å². The predicted octanol–water partition coefficient (Wildman–Crippen LogP) is 5.47. The van der Waals surface area contributed by atoms with Crippen LogP contribution < -0.4 is 14.4 Å². The summed E-state index contributed by atoms with van der Waals surface area (Å²) in [6, 6.07) is 16.8. The quantitative estimate of drug-likeness (QED) is 0.257. The van der Waals surface area contributed by atoms with E-state index in [2.05, 4.69) is 0 Å². The highest BCUT2D eigenvalue weighted by Crippen LogP contribution is 2.44. The Morgan fingerprint density at radius 3 is 2.43 bits per heavy atom. The van der Waals surface area contributed by atoms with Crippen LogP contribution in [0.5, 0.6) is 17.2 Å². The van der Waals surface area contributed by atoms with Crippen molar-refractivity contribution in [3.8, 4) is 17.2 Å². The van der Waals surface area contributed by atoms with E-state index in [-0.39, 0.29) is 22.1 Å². The van der Waals surface area contributed by atoms with E-state index in [9.17, 15) is 19.8 Å². The van der Waals surface area contributed by atoms with Crippen molar-refractivity contribution in [1.82, 2.24) is 0 Å². The number of phenols is 1. The molecular weight excluding hydrogens is 470 g/mol. The van der Waals surface area contributed by atoms with Gasteiger partial charge in [-0.25, -0.2) is 0 Å². The Bertz CT molecular complexity index is 1300. The second kappa shape index (κ2) is 10.1. The van der Waals surface area contributed by atoms with E-state index in [1.165, 1.54) is 24.1 Å². The highest BCUT2D eigenvalue weighted by molar-refractivity contribution is 6.51. The molecule has 1 fully saturated rings. The van der Waals surface area contributed by atoms with Crippen LogP contribution >= 0.6 is 11.6 Å². The van der Waals surface area contributed by atoms with Gasteiger partial charge in [-0.15, -0.1) is 0 Å². The number of phenolic OH excluding ortho intramolecular Hbond substituents is 1. The average molecular weight is 494 g/mol. The third-order valence-corrected chi connectivity index (χ3v) is 5.97. The molecule has 1 aliphatic rings. The number of rotatable bonds is 7. The molecule has 0 saturated carbocycles. The Balaban J connectivity index is 1.87. The van der Waals surface area contributed by atoms with Gasteiger partial charge in [-0.05, 0) is 60.5 Å². The smallest absolute Gasteiger partial charge is 0.300 e. The number of hydrogen-bond donors (Lipinski definition) is 2. The van der Waals surface area contributed by atoms with Gasteiger partial charge in [-0.3, -0.25) is 14.5 Å². The largest absolute Gasteiger partial charge is 0.507 e. The van der Waals surface area contributed by atoms with Crippen LogP contribution in [-0.4, -0.2) is 35.6 Å². The summed E-state index contributed by atoms with van der Waals surface area (Å²) < 4.78 is 10.9. The second-order valence-electron chi connectivity index (χ2n) is 7.95. The Labute approximate surface area is 207 Å². The third-order valence-electron chi connectivity index (χ3n) is 5.66. The summed E-state index contributed by atoms with van der Waals surface area (Å²) in [5, 5.41) is 21.2. The Kier molecular flexibility index (Phi) is 6.98. The van der Waals surface area contributed by atoms with Gasteiger partial charge in [0, 0.05) is 17.3 Å². The number of aliphatic hydroxyl groups excluding tert-OH is 1. The molecule has 35 heavy (non-hydrogen) atoms. The third kappa shape index (κ3) is 4.68. The molecule has 0 radical (unpaired) electrons. The zero-order chi connectivity index (χ0) is 25.1. The zero-order valence-electron chi connectivity index (χ0n) is 19.2. The Hall–Kier alpha value is -3.97. The van der Waals surface area contributed by atoms with Gasteiger partial charge in [0.1, 0.15) is 23.0 Å². The minimum absolute atomic E-state index is 0.0520. The number of Topliss-reactive ketones (excluding diaryl/α,β-unsaturated/α-hetero) is 1. The van der Waals surface area contributed by atoms with Gasteiger partial charge >= 0.3 is 0 Å². The van der Waals surface area contributed by atoms with Crippen LogP contribution in [0, 0.1) is 0 Å². The van der Waals surface area contributed by atoms with Crippen molar-refractivity contribution in [2.75, 3.05) is 18.6 Å². The lowest BCUT2D eigenvalue weighted by Gasteiger charge is -2.26. The topological polar surface area (TPSA) is 96.3 Å². The number of halogens is 1. The molecule has 2 N–H and O–H groups in total. The number of aliphatic hydroxyl groups is 1. The lowest BCUT2D eigenvalue weighted by molar-refractivity contribution is -0.132. The normalized spacial score (nSPS) is 17.0. The minimum Gasteiger partial charge on any atom is -0.507 e. The zero-order valence-corrected chi connectivity index (χ0v) is 20.0. The molecular formula is C27H24ClNO6. The number of ketones is 1. The maximum atomic E-state index is 13.3. The first-order valence-corrected chi connectivity index (χ1v) is 11.4. The number of hydrogen-bond acceptors (Lipinski definition) is 6. The molecule has 180 valence electrons. The summed E-state index contributed by atoms with van der Waals surface area (Å²) in [6.07, 6.45) is 0.852. The first-order chi connectivity index (χ1) is 16.8. The number of carbonyl (C=O) groups excluding carboxylic acids is 2. The van der Waals surface area contributed by atoms with Crippen LogP contribution in [0.25, 0.3) is 5.76 Å². The van der Waals surface area contributed by atoms with Crippen molar-refractivity contribution in [2.45, 2.75) is 19.4 Å². The molecule has 3 aromatic rings. The van der Waals surface area contributed by atoms with E-state index in [4.69, 9.17) is 21.1 Å². The maximum absolute atomic E-state index is 13.3. The number of carbonyl (C=O) groups is 2. The molecule has 0 bridgehead atoms. The highest BCUT2D eigenvalue weighted by Gasteiger charge is 2.47. The van der Waals surface area contributed by atoms with E-state index in [0.29, 0.717) is 34.9 Å². The summed E-state index contributed by atoms with van der Waals surface area (Å²) in [4.78, 5) is 27.8. The predicted molar refractivity (Wildman–Crippen MR) is 133 cm³/mol. The van der Waals surface area contributed by atoms with Crippen LogP contribution in [0.15, 0.2) is 72.3 Å². The molecule has 1 unspecified atom stereocenters. The Morgan fingerprint density at radius 1 is 1.03 bits per heavy atom. The molecule has 3 aromatic carbocycles. The molecule has 7 nitrogen and oxygen atoms in total. The number of benzene rings is 3. The molecule has 4 rings (SSSR count). The number of nitrogens with zero attached hydrogens (tertiary/aromatic N) is 1. The van der Waals surface area contributed by atoms with Gasteiger partial charge in [0.25, 0.3) is 11.7 Å². The molecule has 1 saturated heterocycles. The van der Waals surface area contributed by atoms with Crippen molar-refractivity contribution >= 4 is 34.7 Å². The number of amides is 1. The molecule has 0 aromatic heterocycles. The van der Waals surface area contributed by atoms with E-state index in [1.54, 1.807) is 54.6 Å². The fourth-order valence-electron chi connectivity index (χ4n) is 3.95. The van der Waals surface area contributed by atoms with Crippen LogP contribution in [0.2, 0.25) is 5.02 Å². The summed E-state index contributed by atoms with van der Waals surface area (Å²) >= 11 is 6.16. The monoisotopic (exact) mass is 493 g/mol. The molecule has 1 amide bonds. The first kappa shape index (κ1) is 24.2. The van der Waals surface area contributed by atoms with E-state index < -0.39 is 17.7 Å². The summed E-state index contributed by atoms with van der Waals surface area (Å²) in [5.74, 6) is -0.999. The molecule has 0 aliphatic carbocycles. The fourth-order valence-corrected chi connectivity index (χ4v) is 4.14. The second-order valence-corrected chi connectivity index (χ2v) is 8.36. The molecule has 0 spiro atoms. The van der Waals surface area contributed by atoms with Crippen LogP contribution in [0.1, 0.15) is 30.5 Å². The fraction of sp³-hybridized carbons (Fsp3) is 0.185. The standard InChI is InChI=1S/C27H24ClNO6/c1-3-13-35-19-10-7-16(8-11-19)25(31)23-24(17-9-12-22(30)21(28)14-17)29(27(33)26(23)32)18-5-4-6-20(15-18)34-2/h4-12,14-15,24,30-31H,3,13H2,1-2H3/b25-23-. The number of aromatic hydroxyl groups is 1. The lowest BCUT2D eigenvalue weighted by atomic mass is 9.95. The highest BCUT2D eigenvalue weighted by atomic mass is 35.5. The van der Waals surface area contributed by atoms with Gasteiger partial charge in [0.2, 0.25) is 0 Å². The molecule has 8 heteroatoms. The molecule has 1 aliphatic heterocycles. The van der Waals surface area contributed by atoms with Crippen molar-refractivity contribution in [2.24, 2.45) is 0 Å². The van der Waals surface area contributed by atoms with Gasteiger partial charge in [0.15, 0.2) is 0 Å². The summed E-state index contributed by atoms with van der Waals surface area (Å²) in [7, 11) is 1.50. The van der Waals surface area contributed by atoms with Gasteiger partial charge in [0.05, 0.1) is 30.4 Å². The van der Waals surface area contributed by atoms with E-state index in [0.717, 1.165) is 6.42 Å². The van der Waals surface area contributed by atoms with Crippen molar-refractivity contribution < 1.29 is 29.3 Å². The van der Waals surface area contributed by atoms with E-state index >= 15 is 0 Å². The van der Waals surface area contributed by atoms with Crippen LogP contribution in [-0.2, 0) is 9.59 Å². The minimum atomic E-state index is -0.990. The van der Waals surface area contributed by atoms with Crippen LogP contribution in [0.3, 0.4) is 0 Å². The van der Waals surface area contributed by atoms with Crippen molar-refractivity contribution in [1.29, 1.82) is 0 Å². The summed E-state index contributed by atoms with van der Waals surface area (Å²) in [6.45, 7) is 2.55. The van der Waals surface area contributed by atoms with Gasteiger partial charge in [-0.1, -0.05) is 30.7 Å². The summed E-state index contributed by atoms with van der Waals surface area (Å²) in [5.41, 5.74) is 1.11. The molecule has 1 heterocycles. The van der Waals surface area contributed by atoms with Crippen LogP contribution in [0.4, 0.5) is 5.69 Å². The SMILES string of the molecule is CCCOc1ccc(/C(O)=C2/C(=O)C(=O)N(c3cccc(OC)c3)C2c2ccc(O)c(Cl)c2)cc1. The molecule has 1 atom stereocenters.